The number of nitrogens with zero attached hydrogens (tertiary/aromatic N) is 3. The first-order valence-electron chi connectivity index (χ1n) is 8.13. The van der Waals surface area contributed by atoms with Gasteiger partial charge < -0.3 is 13.9 Å². The van der Waals surface area contributed by atoms with Crippen LogP contribution in [0.15, 0.2) is 45.9 Å². The van der Waals surface area contributed by atoms with Crippen molar-refractivity contribution in [2.24, 2.45) is 0 Å². The quantitative estimate of drug-likeness (QED) is 0.710. The molecule has 1 aliphatic rings. The summed E-state index contributed by atoms with van der Waals surface area (Å²) >= 11 is 0. The molecule has 0 atom stereocenters. The maximum absolute atomic E-state index is 12.2. The molecule has 0 bridgehead atoms. The van der Waals surface area contributed by atoms with Crippen LogP contribution >= 0.6 is 0 Å². The van der Waals surface area contributed by atoms with Gasteiger partial charge in [0.2, 0.25) is 11.8 Å². The van der Waals surface area contributed by atoms with Crippen molar-refractivity contribution in [3.05, 3.63) is 58.7 Å². The van der Waals surface area contributed by atoms with Crippen molar-refractivity contribution in [1.29, 1.82) is 0 Å². The topological polar surface area (TPSA) is 79.4 Å². The van der Waals surface area contributed by atoms with Gasteiger partial charge in [0.1, 0.15) is 12.0 Å². The second-order valence-electron chi connectivity index (χ2n) is 5.63. The summed E-state index contributed by atoms with van der Waals surface area (Å²) in [6.07, 6.45) is 3.85. The molecule has 0 saturated heterocycles. The summed E-state index contributed by atoms with van der Waals surface area (Å²) < 4.78 is 18.0. The van der Waals surface area contributed by atoms with Crippen molar-refractivity contribution in [1.82, 2.24) is 14.5 Å². The van der Waals surface area contributed by atoms with Gasteiger partial charge in [-0.05, 0) is 37.1 Å². The van der Waals surface area contributed by atoms with Gasteiger partial charge in [0.05, 0.1) is 18.5 Å². The Morgan fingerprint density at radius 1 is 1.28 bits per heavy atom. The minimum absolute atomic E-state index is 0.278. The zero-order valence-corrected chi connectivity index (χ0v) is 13.8. The number of hydrogen-bond acceptors (Lipinski definition) is 6. The lowest BCUT2D eigenvalue weighted by molar-refractivity contribution is 0.263. The zero-order valence-electron chi connectivity index (χ0n) is 13.8. The monoisotopic (exact) mass is 339 g/mol. The molecule has 0 fully saturated rings. The van der Waals surface area contributed by atoms with Crippen LogP contribution in [0.1, 0.15) is 18.4 Å². The molecule has 0 aliphatic carbocycles. The van der Waals surface area contributed by atoms with E-state index in [1.165, 1.54) is 6.26 Å². The van der Waals surface area contributed by atoms with Crippen LogP contribution in [-0.2, 0) is 19.6 Å². The van der Waals surface area contributed by atoms with Gasteiger partial charge in [-0.15, -0.1) is 0 Å². The highest BCUT2D eigenvalue weighted by molar-refractivity contribution is 5.67. The van der Waals surface area contributed by atoms with E-state index in [0.29, 0.717) is 24.9 Å². The Morgan fingerprint density at radius 2 is 2.20 bits per heavy atom. The molecule has 4 rings (SSSR count). The molecular formula is C18H17N3O4. The van der Waals surface area contributed by atoms with Gasteiger partial charge in [-0.2, -0.15) is 4.98 Å². The van der Waals surface area contributed by atoms with E-state index in [9.17, 15) is 4.79 Å². The second kappa shape index (κ2) is 6.43. The first-order valence-corrected chi connectivity index (χ1v) is 8.13. The van der Waals surface area contributed by atoms with E-state index < -0.39 is 0 Å². The van der Waals surface area contributed by atoms with E-state index in [2.05, 4.69) is 9.97 Å². The minimum atomic E-state index is -0.282. The molecule has 0 radical (unpaired) electrons. The van der Waals surface area contributed by atoms with Gasteiger partial charge in [-0.1, -0.05) is 0 Å². The van der Waals surface area contributed by atoms with Crippen LogP contribution in [-0.4, -0.2) is 21.1 Å². The molecule has 3 aromatic rings. The van der Waals surface area contributed by atoms with Crippen LogP contribution in [0.3, 0.4) is 0 Å². The van der Waals surface area contributed by atoms with E-state index in [1.54, 1.807) is 10.8 Å². The molecule has 3 heterocycles. The maximum Gasteiger partial charge on any atom is 0.351 e. The number of aromatic nitrogens is 3. The van der Waals surface area contributed by atoms with Crippen molar-refractivity contribution in [3.63, 3.8) is 0 Å². The van der Waals surface area contributed by atoms with Crippen LogP contribution in [0, 0.1) is 0 Å². The normalized spacial score (nSPS) is 12.4. The fourth-order valence-electron chi connectivity index (χ4n) is 2.96. The highest BCUT2D eigenvalue weighted by Gasteiger charge is 2.19. The Labute approximate surface area is 143 Å². The van der Waals surface area contributed by atoms with E-state index in [0.717, 1.165) is 29.0 Å². The van der Waals surface area contributed by atoms with Crippen molar-refractivity contribution in [2.75, 3.05) is 6.61 Å². The lowest BCUT2D eigenvalue weighted by Crippen LogP contribution is -2.28. The summed E-state index contributed by atoms with van der Waals surface area (Å²) in [4.78, 5) is 20.2. The van der Waals surface area contributed by atoms with Gasteiger partial charge in [0.25, 0.3) is 0 Å². The van der Waals surface area contributed by atoms with Gasteiger partial charge in [0, 0.05) is 18.2 Å². The lowest BCUT2D eigenvalue weighted by Gasteiger charge is -2.22. The Kier molecular flexibility index (Phi) is 3.97. The van der Waals surface area contributed by atoms with Crippen LogP contribution in [0.5, 0.6) is 11.6 Å². The smallest absolute Gasteiger partial charge is 0.351 e. The van der Waals surface area contributed by atoms with Crippen molar-refractivity contribution in [2.45, 2.75) is 26.5 Å². The minimum Gasteiger partial charge on any atom is -0.484 e. The molecule has 7 heteroatoms. The van der Waals surface area contributed by atoms with E-state index in [1.807, 2.05) is 31.2 Å². The zero-order chi connectivity index (χ0) is 17.2. The third kappa shape index (κ3) is 3.00. The molecule has 0 saturated carbocycles. The summed E-state index contributed by atoms with van der Waals surface area (Å²) in [5.41, 5.74) is 2.66. The molecule has 1 aliphatic heterocycles. The summed E-state index contributed by atoms with van der Waals surface area (Å²) in [7, 11) is 0. The van der Waals surface area contributed by atoms with E-state index in [-0.39, 0.29) is 12.3 Å². The molecule has 1 aromatic carbocycles. The standard InChI is InChI=1S/C18H17N3O4/c1-2-23-16-10-15-14-4-3-13(25-11-17-19-6-8-24-17)9-12(14)5-7-21(15)18(22)20-16/h3-4,6,8-10H,2,5,7,11H2,1H3. The number of fused-ring (bicyclic) bond motifs is 3. The Hall–Kier alpha value is -3.09. The molecule has 0 amide bonds. The van der Waals surface area contributed by atoms with Crippen molar-refractivity contribution < 1.29 is 13.9 Å². The van der Waals surface area contributed by atoms with Gasteiger partial charge in [0.15, 0.2) is 6.61 Å². The number of rotatable bonds is 5. The first kappa shape index (κ1) is 15.4. The van der Waals surface area contributed by atoms with Crippen molar-refractivity contribution >= 4 is 0 Å². The lowest BCUT2D eigenvalue weighted by atomic mass is 9.97. The number of benzene rings is 1. The Morgan fingerprint density at radius 3 is 3.00 bits per heavy atom. The van der Waals surface area contributed by atoms with Gasteiger partial charge >= 0.3 is 5.69 Å². The summed E-state index contributed by atoms with van der Waals surface area (Å²) in [6.45, 7) is 3.20. The van der Waals surface area contributed by atoms with Crippen molar-refractivity contribution in [3.8, 4) is 22.9 Å². The van der Waals surface area contributed by atoms with E-state index in [4.69, 9.17) is 13.9 Å². The Balaban J connectivity index is 1.65. The molecule has 2 aromatic heterocycles. The SMILES string of the molecule is CCOc1cc2n(c(=O)n1)CCc1cc(OCc3ncco3)ccc1-2. The predicted molar refractivity (Wildman–Crippen MR) is 89.6 cm³/mol. The summed E-state index contributed by atoms with van der Waals surface area (Å²) in [6, 6.07) is 7.65. The molecule has 25 heavy (non-hydrogen) atoms. The van der Waals surface area contributed by atoms with Crippen LogP contribution in [0.4, 0.5) is 0 Å². The Bertz CT molecular complexity index is 947. The highest BCUT2D eigenvalue weighted by atomic mass is 16.5. The average molecular weight is 339 g/mol. The molecule has 0 unspecified atom stereocenters. The first-order chi connectivity index (χ1) is 12.2. The maximum atomic E-state index is 12.2. The largest absolute Gasteiger partial charge is 0.484 e. The number of oxazole rings is 1. The van der Waals surface area contributed by atoms with Crippen LogP contribution in [0.25, 0.3) is 11.3 Å². The highest BCUT2D eigenvalue weighted by Crippen LogP contribution is 2.32. The second-order valence-corrected chi connectivity index (χ2v) is 5.63. The number of hydrogen-bond donors (Lipinski definition) is 0. The molecule has 128 valence electrons. The molecular weight excluding hydrogens is 322 g/mol. The van der Waals surface area contributed by atoms with Gasteiger partial charge in [-0.25, -0.2) is 9.78 Å². The molecule has 0 N–H and O–H groups in total. The fraction of sp³-hybridized carbons (Fsp3) is 0.278. The number of ether oxygens (including phenoxy) is 2. The third-order valence-electron chi connectivity index (χ3n) is 4.08. The molecule has 0 spiro atoms. The fourth-order valence-corrected chi connectivity index (χ4v) is 2.96. The van der Waals surface area contributed by atoms with Gasteiger partial charge in [-0.3, -0.25) is 4.57 Å². The average Bonchev–Trinajstić information content (AvgIpc) is 3.13. The van der Waals surface area contributed by atoms with E-state index >= 15 is 0 Å². The summed E-state index contributed by atoms with van der Waals surface area (Å²) in [5.74, 6) is 1.63. The predicted octanol–water partition coefficient (Wildman–Crippen LogP) is 2.43. The third-order valence-corrected chi connectivity index (χ3v) is 4.08. The number of aryl methyl sites for hydroxylation is 1. The van der Waals surface area contributed by atoms with Crippen LogP contribution < -0.4 is 15.2 Å². The molecule has 7 nitrogen and oxygen atoms in total. The summed E-state index contributed by atoms with van der Waals surface area (Å²) in [5, 5.41) is 0. The van der Waals surface area contributed by atoms with Crippen LogP contribution in [0.2, 0.25) is 0 Å².